The Hall–Kier alpha value is -1.15. The van der Waals surface area contributed by atoms with Gasteiger partial charge in [-0.15, -0.1) is 0 Å². The van der Waals surface area contributed by atoms with Gasteiger partial charge >= 0.3 is 0 Å². The van der Waals surface area contributed by atoms with E-state index >= 15 is 0 Å². The predicted molar refractivity (Wildman–Crippen MR) is 70.4 cm³/mol. The summed E-state index contributed by atoms with van der Waals surface area (Å²) in [4.78, 5) is 2.23. The molecule has 0 spiro atoms. The molecule has 106 valence electrons. The molecule has 0 amide bonds. The minimum absolute atomic E-state index is 0.0479. The van der Waals surface area contributed by atoms with Crippen molar-refractivity contribution in [2.75, 3.05) is 39.3 Å². The molecule has 1 aliphatic heterocycles. The third-order valence-electron chi connectivity index (χ3n) is 3.22. The van der Waals surface area contributed by atoms with E-state index in [-0.39, 0.29) is 17.3 Å². The third-order valence-corrected chi connectivity index (χ3v) is 5.13. The summed E-state index contributed by atoms with van der Waals surface area (Å²) < 4.78 is 26.1. The van der Waals surface area contributed by atoms with Crippen LogP contribution in [0.3, 0.4) is 0 Å². The van der Waals surface area contributed by atoms with Gasteiger partial charge in [-0.1, -0.05) is 0 Å². The Morgan fingerprint density at radius 1 is 1.05 bits per heavy atom. The van der Waals surface area contributed by atoms with Crippen LogP contribution in [0.5, 0.6) is 5.75 Å². The van der Waals surface area contributed by atoms with Gasteiger partial charge in [0, 0.05) is 32.7 Å². The highest BCUT2D eigenvalue weighted by Gasteiger charge is 2.28. The summed E-state index contributed by atoms with van der Waals surface area (Å²) in [5.41, 5.74) is 0. The Morgan fingerprint density at radius 2 is 1.63 bits per heavy atom. The fourth-order valence-corrected chi connectivity index (χ4v) is 3.52. The molecular weight excluding hydrogens is 268 g/mol. The third kappa shape index (κ3) is 3.24. The maximum Gasteiger partial charge on any atom is 0.243 e. The number of aromatic hydroxyl groups is 1. The molecule has 1 fully saturated rings. The molecule has 7 heteroatoms. The lowest BCUT2D eigenvalue weighted by atomic mass is 10.3. The fourth-order valence-electron chi connectivity index (χ4n) is 2.10. The van der Waals surface area contributed by atoms with E-state index in [0.717, 1.165) is 0 Å². The summed E-state index contributed by atoms with van der Waals surface area (Å²) in [7, 11) is -3.48. The Morgan fingerprint density at radius 3 is 2.16 bits per heavy atom. The highest BCUT2D eigenvalue weighted by Crippen LogP contribution is 2.19. The number of nitrogens with zero attached hydrogens (tertiary/aromatic N) is 2. The van der Waals surface area contributed by atoms with Gasteiger partial charge in [-0.3, -0.25) is 4.90 Å². The Kier molecular flexibility index (Phi) is 4.41. The molecule has 0 aliphatic carbocycles. The van der Waals surface area contributed by atoms with Gasteiger partial charge in [0.1, 0.15) is 5.75 Å². The number of aliphatic hydroxyl groups excluding tert-OH is 1. The molecule has 6 nitrogen and oxygen atoms in total. The Bertz CT molecular complexity index is 507. The number of aliphatic hydroxyl groups is 1. The smallest absolute Gasteiger partial charge is 0.243 e. The second-order valence-corrected chi connectivity index (χ2v) is 6.40. The fraction of sp³-hybridized carbons (Fsp3) is 0.500. The number of sulfonamides is 1. The average Bonchev–Trinajstić information content (AvgIpc) is 2.40. The molecule has 1 aliphatic rings. The Balaban J connectivity index is 2.07. The number of phenolic OH excluding ortho intramolecular Hbond substituents is 1. The summed E-state index contributed by atoms with van der Waals surface area (Å²) >= 11 is 0. The van der Waals surface area contributed by atoms with Crippen LogP contribution < -0.4 is 0 Å². The zero-order chi connectivity index (χ0) is 13.9. The minimum Gasteiger partial charge on any atom is -0.508 e. The Labute approximate surface area is 112 Å². The first-order valence-corrected chi connectivity index (χ1v) is 7.60. The van der Waals surface area contributed by atoms with Crippen LogP contribution in [0.25, 0.3) is 0 Å². The lowest BCUT2D eigenvalue weighted by Crippen LogP contribution is -2.49. The van der Waals surface area contributed by atoms with Crippen molar-refractivity contribution in [3.63, 3.8) is 0 Å². The molecule has 2 rings (SSSR count). The lowest BCUT2D eigenvalue weighted by molar-refractivity contribution is 0.151. The van der Waals surface area contributed by atoms with E-state index in [1.165, 1.54) is 28.6 Å². The van der Waals surface area contributed by atoms with Crippen LogP contribution in [0.15, 0.2) is 29.2 Å². The quantitative estimate of drug-likeness (QED) is 0.793. The number of phenols is 1. The van der Waals surface area contributed by atoms with Gasteiger partial charge in [0.2, 0.25) is 10.0 Å². The summed E-state index contributed by atoms with van der Waals surface area (Å²) in [6, 6.07) is 5.55. The van der Waals surface area contributed by atoms with E-state index in [1.54, 1.807) is 0 Å². The molecule has 0 atom stereocenters. The van der Waals surface area contributed by atoms with Gasteiger partial charge in [-0.2, -0.15) is 4.31 Å². The first-order chi connectivity index (χ1) is 9.04. The zero-order valence-electron chi connectivity index (χ0n) is 10.6. The monoisotopic (exact) mass is 286 g/mol. The molecule has 1 aromatic rings. The van der Waals surface area contributed by atoms with Crippen molar-refractivity contribution < 1.29 is 18.6 Å². The average molecular weight is 286 g/mol. The lowest BCUT2D eigenvalue weighted by Gasteiger charge is -2.33. The van der Waals surface area contributed by atoms with Crippen LogP contribution >= 0.6 is 0 Å². The van der Waals surface area contributed by atoms with Gasteiger partial charge in [0.25, 0.3) is 0 Å². The number of rotatable bonds is 4. The first kappa shape index (κ1) is 14.3. The van der Waals surface area contributed by atoms with E-state index in [2.05, 4.69) is 0 Å². The number of hydrogen-bond acceptors (Lipinski definition) is 5. The predicted octanol–water partition coefficient (Wildman–Crippen LogP) is -0.309. The van der Waals surface area contributed by atoms with Gasteiger partial charge in [0.05, 0.1) is 11.5 Å². The van der Waals surface area contributed by atoms with E-state index in [0.29, 0.717) is 32.7 Å². The van der Waals surface area contributed by atoms with Crippen molar-refractivity contribution in [3.8, 4) is 5.75 Å². The van der Waals surface area contributed by atoms with Crippen molar-refractivity contribution >= 4 is 10.0 Å². The SMILES string of the molecule is O=S(=O)(c1ccc(O)cc1)N1CCN(CCO)CC1. The molecule has 2 N–H and O–H groups in total. The molecule has 19 heavy (non-hydrogen) atoms. The molecule has 0 aromatic heterocycles. The highest BCUT2D eigenvalue weighted by atomic mass is 32.2. The number of piperazine rings is 1. The second kappa shape index (κ2) is 5.87. The molecule has 1 heterocycles. The number of hydrogen-bond donors (Lipinski definition) is 2. The molecule has 0 unspecified atom stereocenters. The summed E-state index contributed by atoms with van der Waals surface area (Å²) in [5, 5.41) is 18.0. The van der Waals surface area contributed by atoms with Crippen molar-refractivity contribution in [1.29, 1.82) is 0 Å². The van der Waals surface area contributed by atoms with Crippen molar-refractivity contribution in [3.05, 3.63) is 24.3 Å². The number of benzene rings is 1. The van der Waals surface area contributed by atoms with Gasteiger partial charge in [-0.25, -0.2) is 8.42 Å². The van der Waals surface area contributed by atoms with E-state index in [9.17, 15) is 13.5 Å². The van der Waals surface area contributed by atoms with Crippen LogP contribution in [-0.4, -0.2) is 67.2 Å². The van der Waals surface area contributed by atoms with Crippen LogP contribution in [0.1, 0.15) is 0 Å². The normalized spacial score (nSPS) is 18.6. The van der Waals surface area contributed by atoms with Gasteiger partial charge < -0.3 is 10.2 Å². The van der Waals surface area contributed by atoms with Gasteiger partial charge in [0.15, 0.2) is 0 Å². The molecule has 1 aromatic carbocycles. The summed E-state index contributed by atoms with van der Waals surface area (Å²) in [5.74, 6) is 0.0479. The van der Waals surface area contributed by atoms with Crippen LogP contribution in [0.4, 0.5) is 0 Å². The summed E-state index contributed by atoms with van der Waals surface area (Å²) in [6.45, 7) is 2.75. The van der Waals surface area contributed by atoms with E-state index in [1.807, 2.05) is 4.90 Å². The molecule has 0 bridgehead atoms. The second-order valence-electron chi connectivity index (χ2n) is 4.46. The van der Waals surface area contributed by atoms with Gasteiger partial charge in [-0.05, 0) is 24.3 Å². The molecular formula is C12H18N2O4S. The van der Waals surface area contributed by atoms with Crippen molar-refractivity contribution in [1.82, 2.24) is 9.21 Å². The van der Waals surface area contributed by atoms with Crippen molar-refractivity contribution in [2.45, 2.75) is 4.90 Å². The van der Waals surface area contributed by atoms with E-state index < -0.39 is 10.0 Å². The largest absolute Gasteiger partial charge is 0.508 e. The number of β-amino-alcohol motifs (C(OH)–C–C–N with tert-alkyl or cyclic N) is 1. The summed E-state index contributed by atoms with van der Waals surface area (Å²) in [6.07, 6.45) is 0. The molecule has 1 saturated heterocycles. The molecule has 0 saturated carbocycles. The minimum atomic E-state index is -3.48. The van der Waals surface area contributed by atoms with Crippen LogP contribution in [0.2, 0.25) is 0 Å². The van der Waals surface area contributed by atoms with Crippen LogP contribution in [-0.2, 0) is 10.0 Å². The maximum absolute atomic E-state index is 12.3. The zero-order valence-corrected chi connectivity index (χ0v) is 11.4. The molecule has 0 radical (unpaired) electrons. The first-order valence-electron chi connectivity index (χ1n) is 6.16. The maximum atomic E-state index is 12.3. The standard InChI is InChI=1S/C12H18N2O4S/c15-10-9-13-5-7-14(8-6-13)19(17,18)12-3-1-11(16)2-4-12/h1-4,15-16H,5-10H2. The highest BCUT2D eigenvalue weighted by molar-refractivity contribution is 7.89. The van der Waals surface area contributed by atoms with Crippen LogP contribution in [0, 0.1) is 0 Å². The van der Waals surface area contributed by atoms with Crippen molar-refractivity contribution in [2.24, 2.45) is 0 Å². The van der Waals surface area contributed by atoms with E-state index in [4.69, 9.17) is 5.11 Å². The topological polar surface area (TPSA) is 81.1 Å².